The smallest absolute Gasteiger partial charge is 0.147 e. The highest BCUT2D eigenvalue weighted by molar-refractivity contribution is 6.33. The van der Waals surface area contributed by atoms with Crippen LogP contribution >= 0.6 is 23.2 Å². The highest BCUT2D eigenvalue weighted by atomic mass is 35.5. The fraction of sp³-hybridized carbons (Fsp3) is 0.214. The Balaban J connectivity index is 2.15. The van der Waals surface area contributed by atoms with Gasteiger partial charge in [-0.3, -0.25) is 0 Å². The molecule has 2 nitrogen and oxygen atoms in total. The molecule has 1 aromatic carbocycles. The van der Waals surface area contributed by atoms with Crippen LogP contribution in [0.2, 0.25) is 5.02 Å². The van der Waals surface area contributed by atoms with E-state index in [-0.39, 0.29) is 5.82 Å². The Bertz CT molecular complexity index is 558. The standard InChI is InChI=1S/C14H13Cl2FN2/c1-19(9-10-2-4-12(17)5-3-10)14-13(16)6-11(7-15)8-18-14/h2-6,8H,7,9H2,1H3. The van der Waals surface area contributed by atoms with Gasteiger partial charge in [0.25, 0.3) is 0 Å². The maximum absolute atomic E-state index is 12.8. The van der Waals surface area contributed by atoms with E-state index in [0.29, 0.717) is 23.3 Å². The molecule has 5 heteroatoms. The number of hydrogen-bond donors (Lipinski definition) is 0. The Morgan fingerprint density at radius 2 is 1.89 bits per heavy atom. The van der Waals surface area contributed by atoms with E-state index in [9.17, 15) is 4.39 Å². The Labute approximate surface area is 121 Å². The monoisotopic (exact) mass is 298 g/mol. The van der Waals surface area contributed by atoms with Crippen molar-refractivity contribution >= 4 is 29.0 Å². The Hall–Kier alpha value is -1.32. The van der Waals surface area contributed by atoms with E-state index in [2.05, 4.69) is 4.98 Å². The molecule has 100 valence electrons. The number of alkyl halides is 1. The molecular formula is C14H13Cl2FN2. The molecule has 0 aliphatic carbocycles. The summed E-state index contributed by atoms with van der Waals surface area (Å²) in [7, 11) is 1.89. The first-order valence-corrected chi connectivity index (χ1v) is 6.67. The lowest BCUT2D eigenvalue weighted by Crippen LogP contribution is -2.18. The van der Waals surface area contributed by atoms with Crippen LogP contribution in [0.25, 0.3) is 0 Å². The molecule has 0 atom stereocenters. The van der Waals surface area contributed by atoms with Gasteiger partial charge in [0.15, 0.2) is 0 Å². The van der Waals surface area contributed by atoms with E-state index in [4.69, 9.17) is 23.2 Å². The van der Waals surface area contributed by atoms with Crippen LogP contribution in [0.1, 0.15) is 11.1 Å². The summed E-state index contributed by atoms with van der Waals surface area (Å²) in [4.78, 5) is 6.21. The van der Waals surface area contributed by atoms with Gasteiger partial charge < -0.3 is 4.90 Å². The zero-order chi connectivity index (χ0) is 13.8. The summed E-state index contributed by atoms with van der Waals surface area (Å²) in [5.74, 6) is 0.822. The summed E-state index contributed by atoms with van der Waals surface area (Å²) in [5, 5.41) is 0.558. The summed E-state index contributed by atoms with van der Waals surface area (Å²) < 4.78 is 12.8. The van der Waals surface area contributed by atoms with Crippen molar-refractivity contribution in [3.63, 3.8) is 0 Å². The molecule has 1 heterocycles. The van der Waals surface area contributed by atoms with Crippen molar-refractivity contribution in [2.75, 3.05) is 11.9 Å². The highest BCUT2D eigenvalue weighted by Gasteiger charge is 2.09. The van der Waals surface area contributed by atoms with E-state index < -0.39 is 0 Å². The van der Waals surface area contributed by atoms with Gasteiger partial charge in [-0.25, -0.2) is 9.37 Å². The van der Waals surface area contributed by atoms with Crippen LogP contribution in [-0.2, 0) is 12.4 Å². The second-order valence-electron chi connectivity index (χ2n) is 4.27. The maximum Gasteiger partial charge on any atom is 0.147 e. The first kappa shape index (κ1) is 14.1. The van der Waals surface area contributed by atoms with Crippen molar-refractivity contribution in [2.45, 2.75) is 12.4 Å². The third kappa shape index (κ3) is 3.58. The van der Waals surface area contributed by atoms with Crippen molar-refractivity contribution < 1.29 is 4.39 Å². The van der Waals surface area contributed by atoms with E-state index in [1.54, 1.807) is 24.4 Å². The Morgan fingerprint density at radius 3 is 2.47 bits per heavy atom. The summed E-state index contributed by atoms with van der Waals surface area (Å²) in [6.45, 7) is 0.604. The molecule has 0 aliphatic heterocycles. The number of rotatable bonds is 4. The summed E-state index contributed by atoms with van der Waals surface area (Å²) in [6, 6.07) is 8.17. The largest absolute Gasteiger partial charge is 0.354 e. The average Bonchev–Trinajstić information content (AvgIpc) is 2.41. The molecule has 0 amide bonds. The molecule has 0 radical (unpaired) electrons. The normalized spacial score (nSPS) is 10.5. The van der Waals surface area contributed by atoms with Crippen molar-refractivity contribution in [1.29, 1.82) is 0 Å². The molecule has 19 heavy (non-hydrogen) atoms. The van der Waals surface area contributed by atoms with Crippen LogP contribution in [0.4, 0.5) is 10.2 Å². The van der Waals surface area contributed by atoms with Crippen LogP contribution in [0.5, 0.6) is 0 Å². The first-order valence-electron chi connectivity index (χ1n) is 5.76. The molecule has 0 saturated carbocycles. The molecule has 2 aromatic rings. The molecule has 0 aliphatic rings. The minimum atomic E-state index is -0.242. The fourth-order valence-electron chi connectivity index (χ4n) is 1.76. The van der Waals surface area contributed by atoms with Gasteiger partial charge >= 0.3 is 0 Å². The van der Waals surface area contributed by atoms with Crippen LogP contribution in [0.15, 0.2) is 36.5 Å². The fourth-order valence-corrected chi connectivity index (χ4v) is 2.24. The Kier molecular flexibility index (Phi) is 4.61. The van der Waals surface area contributed by atoms with Crippen LogP contribution in [-0.4, -0.2) is 12.0 Å². The molecule has 0 N–H and O–H groups in total. The van der Waals surface area contributed by atoms with Crippen molar-refractivity contribution in [3.8, 4) is 0 Å². The van der Waals surface area contributed by atoms with Gasteiger partial charge in [-0.15, -0.1) is 11.6 Å². The maximum atomic E-state index is 12.8. The molecular weight excluding hydrogens is 286 g/mol. The molecule has 0 bridgehead atoms. The van der Waals surface area contributed by atoms with Gasteiger partial charge in [-0.1, -0.05) is 23.7 Å². The van der Waals surface area contributed by atoms with Gasteiger partial charge in [-0.2, -0.15) is 0 Å². The van der Waals surface area contributed by atoms with Crippen molar-refractivity contribution in [1.82, 2.24) is 4.98 Å². The van der Waals surface area contributed by atoms with Gasteiger partial charge in [0.2, 0.25) is 0 Å². The summed E-state index contributed by atoms with van der Waals surface area (Å²) in [6.07, 6.45) is 1.70. The lowest BCUT2D eigenvalue weighted by Gasteiger charge is -2.19. The van der Waals surface area contributed by atoms with E-state index in [0.717, 1.165) is 11.1 Å². The number of nitrogens with zero attached hydrogens (tertiary/aromatic N) is 2. The van der Waals surface area contributed by atoms with Crippen LogP contribution < -0.4 is 4.90 Å². The number of anilines is 1. The number of aromatic nitrogens is 1. The van der Waals surface area contributed by atoms with Crippen LogP contribution in [0.3, 0.4) is 0 Å². The minimum Gasteiger partial charge on any atom is -0.354 e. The number of halogens is 3. The average molecular weight is 299 g/mol. The number of hydrogen-bond acceptors (Lipinski definition) is 2. The van der Waals surface area contributed by atoms with E-state index in [1.165, 1.54) is 12.1 Å². The zero-order valence-corrected chi connectivity index (χ0v) is 11.9. The molecule has 0 saturated heterocycles. The summed E-state index contributed by atoms with van der Waals surface area (Å²) >= 11 is 11.9. The number of benzene rings is 1. The predicted molar refractivity (Wildman–Crippen MR) is 77.3 cm³/mol. The predicted octanol–water partition coefficient (Wildman–Crippen LogP) is 4.25. The van der Waals surface area contributed by atoms with Crippen LogP contribution in [0, 0.1) is 5.82 Å². The van der Waals surface area contributed by atoms with E-state index in [1.807, 2.05) is 11.9 Å². The lowest BCUT2D eigenvalue weighted by atomic mass is 10.2. The Morgan fingerprint density at radius 1 is 1.21 bits per heavy atom. The number of pyridine rings is 1. The topological polar surface area (TPSA) is 16.1 Å². The van der Waals surface area contributed by atoms with Gasteiger partial charge in [0, 0.05) is 25.7 Å². The quantitative estimate of drug-likeness (QED) is 0.785. The van der Waals surface area contributed by atoms with E-state index >= 15 is 0 Å². The molecule has 0 spiro atoms. The van der Waals surface area contributed by atoms with Crippen molar-refractivity contribution in [3.05, 3.63) is 58.5 Å². The second kappa shape index (κ2) is 6.22. The van der Waals surface area contributed by atoms with Gasteiger partial charge in [-0.05, 0) is 29.3 Å². The minimum absolute atomic E-state index is 0.242. The van der Waals surface area contributed by atoms with Gasteiger partial charge in [0.05, 0.1) is 5.02 Å². The molecule has 0 fully saturated rings. The first-order chi connectivity index (χ1) is 9.10. The molecule has 1 aromatic heterocycles. The second-order valence-corrected chi connectivity index (χ2v) is 4.94. The van der Waals surface area contributed by atoms with Crippen molar-refractivity contribution in [2.24, 2.45) is 0 Å². The highest BCUT2D eigenvalue weighted by Crippen LogP contribution is 2.25. The third-order valence-electron chi connectivity index (χ3n) is 2.73. The SMILES string of the molecule is CN(Cc1ccc(F)cc1)c1ncc(CCl)cc1Cl. The third-order valence-corrected chi connectivity index (χ3v) is 3.31. The summed E-state index contributed by atoms with van der Waals surface area (Å²) in [5.41, 5.74) is 1.87. The zero-order valence-electron chi connectivity index (χ0n) is 10.4. The lowest BCUT2D eigenvalue weighted by molar-refractivity contribution is 0.627. The van der Waals surface area contributed by atoms with Gasteiger partial charge in [0.1, 0.15) is 11.6 Å². The molecule has 0 unspecified atom stereocenters. The molecule has 2 rings (SSSR count).